The van der Waals surface area contributed by atoms with Crippen molar-refractivity contribution < 1.29 is 0 Å². The smallest absolute Gasteiger partial charge is 0.0950 e. The van der Waals surface area contributed by atoms with Gasteiger partial charge in [-0.05, 0) is 80.5 Å². The summed E-state index contributed by atoms with van der Waals surface area (Å²) in [6, 6.07) is 6.03. The molecule has 3 heterocycles. The van der Waals surface area contributed by atoms with Gasteiger partial charge in [-0.15, -0.1) is 0 Å². The van der Waals surface area contributed by atoms with E-state index in [1.165, 1.54) is 0 Å². The largest absolute Gasteiger partial charge is 0.349 e. The van der Waals surface area contributed by atoms with Crippen LogP contribution in [0.3, 0.4) is 0 Å². The molecule has 5 nitrogen and oxygen atoms in total. The molecule has 0 aromatic carbocycles. The van der Waals surface area contributed by atoms with Crippen LogP contribution in [0.2, 0.25) is 0 Å². The predicted octanol–water partition coefficient (Wildman–Crippen LogP) is 5.52. The summed E-state index contributed by atoms with van der Waals surface area (Å²) in [5, 5.41) is 4.10. The third kappa shape index (κ3) is 8.29. The molecule has 3 aromatic heterocycles. The van der Waals surface area contributed by atoms with E-state index in [4.69, 9.17) is 0 Å². The van der Waals surface area contributed by atoms with Crippen molar-refractivity contribution in [2.75, 3.05) is 0 Å². The zero-order valence-corrected chi connectivity index (χ0v) is 18.5. The van der Waals surface area contributed by atoms with E-state index in [9.17, 15) is 0 Å². The number of imidazole rings is 1. The zero-order valence-electron chi connectivity index (χ0n) is 18.5. The Balaban J connectivity index is 0.000000202. The lowest BCUT2D eigenvalue weighted by atomic mass is 10.1. The molecule has 0 spiro atoms. The van der Waals surface area contributed by atoms with Gasteiger partial charge in [0.2, 0.25) is 0 Å². The van der Waals surface area contributed by atoms with Crippen molar-refractivity contribution in [3.63, 3.8) is 0 Å². The van der Waals surface area contributed by atoms with Crippen LogP contribution in [0.4, 0.5) is 0 Å². The highest BCUT2D eigenvalue weighted by Gasteiger charge is 2.11. The van der Waals surface area contributed by atoms with Crippen molar-refractivity contribution in [2.24, 2.45) is 0 Å². The van der Waals surface area contributed by atoms with Gasteiger partial charge >= 0.3 is 0 Å². The fraction of sp³-hybridized carbons (Fsp3) is 0.545. The minimum Gasteiger partial charge on any atom is -0.349 e. The van der Waals surface area contributed by atoms with E-state index in [1.807, 2.05) is 41.6 Å². The van der Waals surface area contributed by atoms with Gasteiger partial charge in [0.1, 0.15) is 0 Å². The van der Waals surface area contributed by atoms with Crippen LogP contribution in [0.1, 0.15) is 62.3 Å². The van der Waals surface area contributed by atoms with E-state index in [-0.39, 0.29) is 16.6 Å². The van der Waals surface area contributed by atoms with Crippen LogP contribution in [-0.2, 0) is 16.6 Å². The molecule has 0 amide bonds. The second kappa shape index (κ2) is 9.07. The Bertz CT molecular complexity index is 611. The third-order valence-electron chi connectivity index (χ3n) is 3.85. The maximum Gasteiger partial charge on any atom is 0.0950 e. The molecule has 3 aromatic rings. The second-order valence-corrected chi connectivity index (χ2v) is 9.52. The van der Waals surface area contributed by atoms with Crippen LogP contribution in [0, 0.1) is 0 Å². The van der Waals surface area contributed by atoms with Crippen molar-refractivity contribution in [3.8, 4) is 0 Å². The van der Waals surface area contributed by atoms with Crippen LogP contribution in [0.15, 0.2) is 61.7 Å². The molecule has 0 saturated carbocycles. The van der Waals surface area contributed by atoms with Crippen molar-refractivity contribution in [2.45, 2.75) is 78.9 Å². The molecule has 0 fully saturated rings. The third-order valence-corrected chi connectivity index (χ3v) is 3.85. The number of aromatic nitrogens is 5. The summed E-state index contributed by atoms with van der Waals surface area (Å²) in [4.78, 5) is 3.95. The lowest BCUT2D eigenvalue weighted by molar-refractivity contribution is 0.355. The molecule has 0 aliphatic rings. The van der Waals surface area contributed by atoms with Gasteiger partial charge in [-0.2, -0.15) is 5.10 Å². The van der Waals surface area contributed by atoms with E-state index < -0.39 is 0 Å². The fourth-order valence-corrected chi connectivity index (χ4v) is 2.10. The van der Waals surface area contributed by atoms with Crippen LogP contribution in [0.25, 0.3) is 0 Å². The van der Waals surface area contributed by atoms with Gasteiger partial charge in [0.25, 0.3) is 0 Å². The Morgan fingerprint density at radius 1 is 0.556 bits per heavy atom. The Kier molecular flexibility index (Phi) is 7.64. The molecular weight excluding hydrogens is 334 g/mol. The molecule has 3 rings (SSSR count). The maximum atomic E-state index is 4.10. The van der Waals surface area contributed by atoms with Crippen molar-refractivity contribution in [1.82, 2.24) is 23.9 Å². The molecule has 0 atom stereocenters. The van der Waals surface area contributed by atoms with Crippen molar-refractivity contribution in [1.29, 1.82) is 0 Å². The SMILES string of the molecule is CC(C)(C)n1cccc1.CC(C)(C)n1cccn1.CC(C)(C)n1ccnc1. The van der Waals surface area contributed by atoms with E-state index >= 15 is 0 Å². The summed E-state index contributed by atoms with van der Waals surface area (Å²) in [6.07, 6.45) is 13.5. The minimum absolute atomic E-state index is 0.128. The number of hydrogen-bond acceptors (Lipinski definition) is 2. The summed E-state index contributed by atoms with van der Waals surface area (Å²) >= 11 is 0. The highest BCUT2D eigenvalue weighted by Crippen LogP contribution is 2.12. The molecule has 0 unspecified atom stereocenters. The quantitative estimate of drug-likeness (QED) is 0.522. The molecule has 0 aliphatic carbocycles. The zero-order chi connectivity index (χ0) is 20.7. The average molecular weight is 372 g/mol. The van der Waals surface area contributed by atoms with Crippen LogP contribution >= 0.6 is 0 Å². The first-order valence-corrected chi connectivity index (χ1v) is 9.44. The first kappa shape index (κ1) is 22.7. The lowest BCUT2D eigenvalue weighted by Crippen LogP contribution is -2.21. The molecule has 0 bridgehead atoms. The minimum atomic E-state index is 0.128. The first-order valence-electron chi connectivity index (χ1n) is 9.44. The summed E-state index contributed by atoms with van der Waals surface area (Å²) < 4.78 is 6.20. The Morgan fingerprint density at radius 2 is 1.11 bits per heavy atom. The van der Waals surface area contributed by atoms with Gasteiger partial charge in [0.15, 0.2) is 0 Å². The Labute approximate surface area is 165 Å². The maximum absolute atomic E-state index is 4.10. The molecule has 0 aliphatic heterocycles. The topological polar surface area (TPSA) is 40.6 Å². The summed E-state index contributed by atoms with van der Waals surface area (Å²) in [7, 11) is 0. The Morgan fingerprint density at radius 3 is 1.33 bits per heavy atom. The van der Waals surface area contributed by atoms with Crippen LogP contribution < -0.4 is 0 Å². The van der Waals surface area contributed by atoms with Gasteiger partial charge in [0, 0.05) is 48.3 Å². The van der Waals surface area contributed by atoms with E-state index in [1.54, 1.807) is 12.4 Å². The predicted molar refractivity (Wildman–Crippen MR) is 114 cm³/mol. The van der Waals surface area contributed by atoms with E-state index in [0.717, 1.165) is 0 Å². The van der Waals surface area contributed by atoms with Gasteiger partial charge in [-0.25, -0.2) is 4.98 Å². The van der Waals surface area contributed by atoms with Gasteiger partial charge in [0.05, 0.1) is 11.9 Å². The van der Waals surface area contributed by atoms with E-state index in [0.29, 0.717) is 0 Å². The van der Waals surface area contributed by atoms with Gasteiger partial charge < -0.3 is 9.13 Å². The van der Waals surface area contributed by atoms with E-state index in [2.05, 4.69) is 93.9 Å². The molecule has 0 saturated heterocycles. The molecule has 0 radical (unpaired) electrons. The highest BCUT2D eigenvalue weighted by atomic mass is 15.3. The Hall–Kier alpha value is -2.30. The molecule has 5 heteroatoms. The standard InChI is InChI=1S/C8H13N.2C7H12N2/c1-8(2,3)9-6-4-5-7-9;1-7(2,3)9-5-4-8-6-9;1-7(2,3)9-6-4-5-8-9/h4-7H,1-3H3;2*4-6H,1-3H3. The monoisotopic (exact) mass is 371 g/mol. The van der Waals surface area contributed by atoms with Gasteiger partial charge in [-0.3, -0.25) is 4.68 Å². The molecular formula is C22H37N5. The number of nitrogens with zero attached hydrogens (tertiary/aromatic N) is 5. The van der Waals surface area contributed by atoms with Crippen molar-refractivity contribution in [3.05, 3.63) is 61.7 Å². The highest BCUT2D eigenvalue weighted by molar-refractivity contribution is 4.94. The molecule has 0 N–H and O–H groups in total. The number of rotatable bonds is 0. The van der Waals surface area contributed by atoms with Crippen LogP contribution in [-0.4, -0.2) is 23.9 Å². The molecule has 27 heavy (non-hydrogen) atoms. The molecule has 150 valence electrons. The van der Waals surface area contributed by atoms with Gasteiger partial charge in [-0.1, -0.05) is 0 Å². The number of hydrogen-bond donors (Lipinski definition) is 0. The second-order valence-electron chi connectivity index (χ2n) is 9.52. The fourth-order valence-electron chi connectivity index (χ4n) is 2.10. The summed E-state index contributed by atoms with van der Waals surface area (Å²) in [5.74, 6) is 0. The summed E-state index contributed by atoms with van der Waals surface area (Å²) in [5.41, 5.74) is 0.545. The lowest BCUT2D eigenvalue weighted by Gasteiger charge is -2.20. The first-order chi connectivity index (χ1) is 12.3. The average Bonchev–Trinajstić information content (AvgIpc) is 3.28. The summed E-state index contributed by atoms with van der Waals surface area (Å²) in [6.45, 7) is 19.4. The van der Waals surface area contributed by atoms with Crippen molar-refractivity contribution >= 4 is 0 Å². The normalized spacial score (nSPS) is 11.9. The van der Waals surface area contributed by atoms with Crippen LogP contribution in [0.5, 0.6) is 0 Å².